The molecule has 0 aromatic carbocycles. The molecule has 1 aromatic rings. The minimum atomic E-state index is -0.372. The average molecular weight is 238 g/mol. The second-order valence-corrected chi connectivity index (χ2v) is 4.04. The van der Waals surface area contributed by atoms with E-state index in [0.717, 1.165) is 17.5 Å². The average Bonchev–Trinajstić information content (AvgIpc) is 2.22. The Labute approximate surface area is 99.8 Å². The van der Waals surface area contributed by atoms with Crippen LogP contribution >= 0.6 is 0 Å². The van der Waals surface area contributed by atoms with E-state index in [0.29, 0.717) is 5.69 Å². The van der Waals surface area contributed by atoms with Crippen molar-refractivity contribution < 1.29 is 4.79 Å². The molecule has 94 valence electrons. The number of carbonyl (C=O) groups excluding carboxylic acids is 1. The molecule has 0 spiro atoms. The van der Waals surface area contributed by atoms with Crippen LogP contribution in [0.4, 0.5) is 5.69 Å². The number of nitrogen functional groups attached to an aromatic ring is 1. The van der Waals surface area contributed by atoms with E-state index in [1.807, 2.05) is 6.92 Å². The SMILES string of the molecule is CCCC(C)NC(=O)Cn1ncc(N)cc1=O. The first kappa shape index (κ1) is 13.2. The summed E-state index contributed by atoms with van der Waals surface area (Å²) in [6, 6.07) is 1.35. The molecule has 6 heteroatoms. The van der Waals surface area contributed by atoms with Crippen LogP contribution in [-0.4, -0.2) is 21.7 Å². The zero-order chi connectivity index (χ0) is 12.8. The van der Waals surface area contributed by atoms with E-state index < -0.39 is 0 Å². The number of hydrogen-bond donors (Lipinski definition) is 2. The van der Waals surface area contributed by atoms with Crippen molar-refractivity contribution in [3.05, 3.63) is 22.6 Å². The fourth-order valence-electron chi connectivity index (χ4n) is 1.53. The molecule has 3 N–H and O–H groups in total. The number of anilines is 1. The van der Waals surface area contributed by atoms with Crippen LogP contribution < -0.4 is 16.6 Å². The van der Waals surface area contributed by atoms with E-state index >= 15 is 0 Å². The van der Waals surface area contributed by atoms with Gasteiger partial charge in [-0.2, -0.15) is 5.10 Å². The minimum absolute atomic E-state index is 0.0762. The van der Waals surface area contributed by atoms with Crippen LogP contribution in [0.1, 0.15) is 26.7 Å². The first-order valence-electron chi connectivity index (χ1n) is 5.65. The van der Waals surface area contributed by atoms with Crippen LogP contribution in [0.5, 0.6) is 0 Å². The Kier molecular flexibility index (Phi) is 4.68. The summed E-state index contributed by atoms with van der Waals surface area (Å²) < 4.78 is 1.09. The molecule has 1 atom stereocenters. The van der Waals surface area contributed by atoms with Crippen molar-refractivity contribution in [3.63, 3.8) is 0 Å². The fraction of sp³-hybridized carbons (Fsp3) is 0.545. The monoisotopic (exact) mass is 238 g/mol. The molecular formula is C11H18N4O2. The summed E-state index contributed by atoms with van der Waals surface area (Å²) in [5.41, 5.74) is 5.33. The number of hydrogen-bond acceptors (Lipinski definition) is 4. The number of nitrogens with two attached hydrogens (primary N) is 1. The summed E-state index contributed by atoms with van der Waals surface area (Å²) in [4.78, 5) is 23.0. The highest BCUT2D eigenvalue weighted by atomic mass is 16.2. The van der Waals surface area contributed by atoms with Gasteiger partial charge in [0.1, 0.15) is 6.54 Å². The molecule has 1 rings (SSSR count). The van der Waals surface area contributed by atoms with Crippen molar-refractivity contribution in [2.75, 3.05) is 5.73 Å². The third-order valence-corrected chi connectivity index (χ3v) is 2.31. The zero-order valence-corrected chi connectivity index (χ0v) is 10.1. The Morgan fingerprint density at radius 1 is 1.65 bits per heavy atom. The van der Waals surface area contributed by atoms with E-state index in [1.54, 1.807) is 0 Å². The van der Waals surface area contributed by atoms with Crippen molar-refractivity contribution in [1.29, 1.82) is 0 Å². The quantitative estimate of drug-likeness (QED) is 0.763. The van der Waals surface area contributed by atoms with Crippen molar-refractivity contribution in [1.82, 2.24) is 15.1 Å². The largest absolute Gasteiger partial charge is 0.397 e. The molecule has 0 saturated carbocycles. The Morgan fingerprint density at radius 3 is 2.94 bits per heavy atom. The van der Waals surface area contributed by atoms with Gasteiger partial charge in [-0.15, -0.1) is 0 Å². The molecule has 0 fully saturated rings. The van der Waals surface area contributed by atoms with Crippen LogP contribution in [0.25, 0.3) is 0 Å². The number of amides is 1. The third-order valence-electron chi connectivity index (χ3n) is 2.31. The number of rotatable bonds is 5. The van der Waals surface area contributed by atoms with Gasteiger partial charge in [0.25, 0.3) is 5.56 Å². The van der Waals surface area contributed by atoms with Crippen molar-refractivity contribution >= 4 is 11.6 Å². The molecule has 0 aliphatic rings. The predicted molar refractivity (Wildman–Crippen MR) is 65.4 cm³/mol. The van der Waals surface area contributed by atoms with Crippen LogP contribution in [0.2, 0.25) is 0 Å². The first-order valence-corrected chi connectivity index (χ1v) is 5.65. The number of carbonyl (C=O) groups is 1. The maximum atomic E-state index is 11.6. The summed E-state index contributed by atoms with van der Waals surface area (Å²) in [5, 5.41) is 6.59. The molecule has 0 aliphatic carbocycles. The van der Waals surface area contributed by atoms with Gasteiger partial charge >= 0.3 is 0 Å². The lowest BCUT2D eigenvalue weighted by molar-refractivity contribution is -0.122. The highest BCUT2D eigenvalue weighted by Crippen LogP contribution is 1.95. The molecule has 0 aliphatic heterocycles. The Morgan fingerprint density at radius 2 is 2.35 bits per heavy atom. The smallest absolute Gasteiger partial charge is 0.269 e. The summed E-state index contributed by atoms with van der Waals surface area (Å²) in [5.74, 6) is -0.217. The highest BCUT2D eigenvalue weighted by molar-refractivity contribution is 5.75. The van der Waals surface area contributed by atoms with E-state index in [1.165, 1.54) is 12.3 Å². The number of nitrogens with zero attached hydrogens (tertiary/aromatic N) is 2. The Hall–Kier alpha value is -1.85. The fourth-order valence-corrected chi connectivity index (χ4v) is 1.53. The molecular weight excluding hydrogens is 220 g/mol. The Bertz CT molecular complexity index is 441. The highest BCUT2D eigenvalue weighted by Gasteiger charge is 2.08. The molecule has 1 amide bonds. The molecule has 0 radical (unpaired) electrons. The molecule has 0 bridgehead atoms. The summed E-state index contributed by atoms with van der Waals surface area (Å²) in [6.45, 7) is 3.91. The maximum absolute atomic E-state index is 11.6. The lowest BCUT2D eigenvalue weighted by atomic mass is 10.2. The molecule has 0 saturated heterocycles. The molecule has 17 heavy (non-hydrogen) atoms. The van der Waals surface area contributed by atoms with Crippen molar-refractivity contribution in [2.24, 2.45) is 0 Å². The van der Waals surface area contributed by atoms with Gasteiger partial charge in [0.05, 0.1) is 11.9 Å². The lowest BCUT2D eigenvalue weighted by Crippen LogP contribution is -2.38. The van der Waals surface area contributed by atoms with Crippen LogP contribution in [0.15, 0.2) is 17.1 Å². The van der Waals surface area contributed by atoms with Gasteiger partial charge in [-0.05, 0) is 13.3 Å². The molecule has 6 nitrogen and oxygen atoms in total. The van der Waals surface area contributed by atoms with Crippen molar-refractivity contribution in [2.45, 2.75) is 39.3 Å². The van der Waals surface area contributed by atoms with Gasteiger partial charge < -0.3 is 11.1 Å². The van der Waals surface area contributed by atoms with Gasteiger partial charge in [-0.25, -0.2) is 4.68 Å². The molecule has 1 unspecified atom stereocenters. The minimum Gasteiger partial charge on any atom is -0.397 e. The van der Waals surface area contributed by atoms with Gasteiger partial charge in [-0.1, -0.05) is 13.3 Å². The second-order valence-electron chi connectivity index (χ2n) is 4.04. The molecule has 1 heterocycles. The van der Waals surface area contributed by atoms with Gasteiger partial charge in [0.2, 0.25) is 5.91 Å². The van der Waals surface area contributed by atoms with Gasteiger partial charge in [0.15, 0.2) is 0 Å². The first-order chi connectivity index (χ1) is 8.02. The topological polar surface area (TPSA) is 90.0 Å². The second kappa shape index (κ2) is 6.03. The normalized spacial score (nSPS) is 12.1. The van der Waals surface area contributed by atoms with Gasteiger partial charge in [-0.3, -0.25) is 9.59 Å². The summed E-state index contributed by atoms with van der Waals surface area (Å²) >= 11 is 0. The molecule has 1 aromatic heterocycles. The van der Waals surface area contributed by atoms with Crippen molar-refractivity contribution in [3.8, 4) is 0 Å². The van der Waals surface area contributed by atoms with E-state index in [-0.39, 0.29) is 24.1 Å². The zero-order valence-electron chi connectivity index (χ0n) is 10.1. The van der Waals surface area contributed by atoms with Crippen LogP contribution in [0.3, 0.4) is 0 Å². The van der Waals surface area contributed by atoms with Crippen LogP contribution in [-0.2, 0) is 11.3 Å². The maximum Gasteiger partial charge on any atom is 0.269 e. The van der Waals surface area contributed by atoms with Crippen LogP contribution in [0, 0.1) is 0 Å². The predicted octanol–water partition coefficient (Wildman–Crippen LogP) is 0.130. The lowest BCUT2D eigenvalue weighted by Gasteiger charge is -2.12. The standard InChI is InChI=1S/C11H18N4O2/c1-3-4-8(2)14-10(16)7-15-11(17)5-9(12)6-13-15/h5-6,8H,3-4,7,12H2,1-2H3,(H,14,16). The number of aromatic nitrogens is 2. The third kappa shape index (κ3) is 4.26. The number of nitrogens with one attached hydrogen (secondary N) is 1. The summed E-state index contributed by atoms with van der Waals surface area (Å²) in [6.07, 6.45) is 3.27. The van der Waals surface area contributed by atoms with E-state index in [9.17, 15) is 9.59 Å². The van der Waals surface area contributed by atoms with E-state index in [4.69, 9.17) is 5.73 Å². The summed E-state index contributed by atoms with van der Waals surface area (Å²) in [7, 11) is 0. The van der Waals surface area contributed by atoms with Gasteiger partial charge in [0, 0.05) is 12.1 Å². The Balaban J connectivity index is 2.59. The van der Waals surface area contributed by atoms with E-state index in [2.05, 4.69) is 17.3 Å².